The second kappa shape index (κ2) is 7.63. The molecule has 0 spiro atoms. The number of nitrogens with zero attached hydrogens (tertiary/aromatic N) is 5. The van der Waals surface area contributed by atoms with Crippen molar-refractivity contribution < 1.29 is 4.74 Å². The van der Waals surface area contributed by atoms with E-state index in [1.165, 1.54) is 0 Å². The number of ether oxygens (including phenoxy) is 1. The predicted octanol–water partition coefficient (Wildman–Crippen LogP) is 2.27. The zero-order valence-corrected chi connectivity index (χ0v) is 15.8. The number of hydrogen-bond donors (Lipinski definition) is 2. The van der Waals surface area contributed by atoms with Gasteiger partial charge in [-0.3, -0.25) is 5.10 Å². The molecule has 5 rings (SSSR count). The second-order valence-electron chi connectivity index (χ2n) is 7.42. The summed E-state index contributed by atoms with van der Waals surface area (Å²) >= 11 is 0. The number of nitrogens with one attached hydrogen (secondary N) is 2. The Hall–Kier alpha value is -2.87. The van der Waals surface area contributed by atoms with Crippen molar-refractivity contribution in [2.75, 3.05) is 54.5 Å². The number of hydrogen-bond acceptors (Lipinski definition) is 7. The van der Waals surface area contributed by atoms with Gasteiger partial charge in [-0.05, 0) is 37.1 Å². The summed E-state index contributed by atoms with van der Waals surface area (Å²) in [7, 11) is 0. The zero-order chi connectivity index (χ0) is 18.8. The number of benzene rings is 1. The molecule has 0 saturated carbocycles. The zero-order valence-electron chi connectivity index (χ0n) is 15.8. The number of aromatic nitrogens is 4. The number of aromatic amines is 1. The van der Waals surface area contributed by atoms with Gasteiger partial charge in [-0.15, -0.1) is 0 Å². The minimum absolute atomic E-state index is 0.389. The molecule has 2 N–H and O–H groups in total. The molecular weight excluding hydrogens is 354 g/mol. The maximum atomic E-state index is 5.44. The van der Waals surface area contributed by atoms with Crippen molar-refractivity contribution in [2.45, 2.75) is 18.9 Å². The molecule has 4 heterocycles. The van der Waals surface area contributed by atoms with Gasteiger partial charge in [0.05, 0.1) is 24.9 Å². The van der Waals surface area contributed by atoms with Crippen molar-refractivity contribution in [3.8, 4) is 0 Å². The van der Waals surface area contributed by atoms with E-state index in [4.69, 9.17) is 9.72 Å². The molecule has 1 unspecified atom stereocenters. The second-order valence-corrected chi connectivity index (χ2v) is 7.42. The molecule has 2 aliphatic heterocycles. The van der Waals surface area contributed by atoms with Crippen LogP contribution >= 0.6 is 0 Å². The van der Waals surface area contributed by atoms with Gasteiger partial charge in [-0.2, -0.15) is 10.1 Å². The molecular formula is C20H25N7O. The summed E-state index contributed by atoms with van der Waals surface area (Å²) in [6, 6.07) is 8.74. The van der Waals surface area contributed by atoms with Crippen LogP contribution in [0.4, 0.5) is 17.5 Å². The van der Waals surface area contributed by atoms with Crippen LogP contribution < -0.4 is 15.1 Å². The van der Waals surface area contributed by atoms with Gasteiger partial charge in [0.15, 0.2) is 0 Å². The first-order chi connectivity index (χ1) is 13.8. The molecule has 1 atom stereocenters. The summed E-state index contributed by atoms with van der Waals surface area (Å²) in [5.74, 6) is 1.81. The van der Waals surface area contributed by atoms with Gasteiger partial charge in [0.25, 0.3) is 0 Å². The maximum absolute atomic E-state index is 5.44. The fourth-order valence-electron chi connectivity index (χ4n) is 4.00. The molecule has 0 bridgehead atoms. The van der Waals surface area contributed by atoms with E-state index in [0.717, 1.165) is 80.6 Å². The van der Waals surface area contributed by atoms with Gasteiger partial charge in [0.1, 0.15) is 5.82 Å². The van der Waals surface area contributed by atoms with E-state index in [1.54, 1.807) is 0 Å². The Labute approximate surface area is 163 Å². The van der Waals surface area contributed by atoms with Crippen LogP contribution in [-0.4, -0.2) is 65.6 Å². The highest BCUT2D eigenvalue weighted by atomic mass is 16.5. The van der Waals surface area contributed by atoms with Crippen LogP contribution in [0, 0.1) is 0 Å². The topological polar surface area (TPSA) is 82.2 Å². The Morgan fingerprint density at radius 1 is 1.11 bits per heavy atom. The molecule has 146 valence electrons. The summed E-state index contributed by atoms with van der Waals surface area (Å²) < 4.78 is 5.44. The van der Waals surface area contributed by atoms with Crippen LogP contribution in [0.2, 0.25) is 0 Å². The Morgan fingerprint density at radius 3 is 2.96 bits per heavy atom. The summed E-state index contributed by atoms with van der Waals surface area (Å²) in [5, 5.41) is 11.9. The molecule has 1 aromatic carbocycles. The van der Waals surface area contributed by atoms with E-state index in [0.29, 0.717) is 6.04 Å². The SMILES string of the molecule is c1cc(N2CCCC(Nc3ccc4[nH]ncc4c3)C2)nc(N2CCOCC2)n1. The number of piperidine rings is 1. The van der Waals surface area contributed by atoms with Crippen LogP contribution in [0.25, 0.3) is 10.9 Å². The molecule has 0 aliphatic carbocycles. The number of rotatable bonds is 4. The Bertz CT molecular complexity index is 937. The summed E-state index contributed by atoms with van der Waals surface area (Å²) in [5.41, 5.74) is 2.20. The van der Waals surface area contributed by atoms with Crippen molar-refractivity contribution in [3.63, 3.8) is 0 Å². The molecule has 8 nitrogen and oxygen atoms in total. The number of anilines is 3. The van der Waals surface area contributed by atoms with Crippen LogP contribution in [0.1, 0.15) is 12.8 Å². The lowest BCUT2D eigenvalue weighted by atomic mass is 10.1. The van der Waals surface area contributed by atoms with Gasteiger partial charge in [0, 0.05) is 49.5 Å². The predicted molar refractivity (Wildman–Crippen MR) is 110 cm³/mol. The minimum Gasteiger partial charge on any atom is -0.381 e. The molecule has 2 saturated heterocycles. The normalized spacial score (nSPS) is 20.5. The average Bonchev–Trinajstić information content (AvgIpc) is 3.23. The molecule has 2 aliphatic rings. The highest BCUT2D eigenvalue weighted by molar-refractivity contribution is 5.81. The van der Waals surface area contributed by atoms with Gasteiger partial charge >= 0.3 is 0 Å². The van der Waals surface area contributed by atoms with Gasteiger partial charge in [-0.1, -0.05) is 0 Å². The number of morpholine rings is 1. The fraction of sp³-hybridized carbons (Fsp3) is 0.450. The fourth-order valence-corrected chi connectivity index (χ4v) is 4.00. The first kappa shape index (κ1) is 17.2. The Morgan fingerprint density at radius 2 is 2.04 bits per heavy atom. The smallest absolute Gasteiger partial charge is 0.227 e. The first-order valence-electron chi connectivity index (χ1n) is 9.95. The largest absolute Gasteiger partial charge is 0.381 e. The summed E-state index contributed by atoms with van der Waals surface area (Å²) in [6.07, 6.45) is 6.03. The first-order valence-corrected chi connectivity index (χ1v) is 9.95. The van der Waals surface area contributed by atoms with Crippen LogP contribution in [-0.2, 0) is 4.74 Å². The van der Waals surface area contributed by atoms with Crippen molar-refractivity contribution in [1.82, 2.24) is 20.2 Å². The third-order valence-electron chi connectivity index (χ3n) is 5.48. The number of fused-ring (bicyclic) bond motifs is 1. The summed E-state index contributed by atoms with van der Waals surface area (Å²) in [4.78, 5) is 13.9. The third-order valence-corrected chi connectivity index (χ3v) is 5.48. The van der Waals surface area contributed by atoms with E-state index in [1.807, 2.05) is 18.5 Å². The molecule has 2 fully saturated rings. The lowest BCUT2D eigenvalue weighted by Crippen LogP contribution is -2.43. The van der Waals surface area contributed by atoms with Gasteiger partial charge in [-0.25, -0.2) is 4.98 Å². The molecule has 28 heavy (non-hydrogen) atoms. The van der Waals surface area contributed by atoms with E-state index in [-0.39, 0.29) is 0 Å². The van der Waals surface area contributed by atoms with E-state index in [2.05, 4.69) is 48.5 Å². The quantitative estimate of drug-likeness (QED) is 0.720. The lowest BCUT2D eigenvalue weighted by Gasteiger charge is -2.35. The average molecular weight is 379 g/mol. The van der Waals surface area contributed by atoms with Crippen LogP contribution in [0.3, 0.4) is 0 Å². The van der Waals surface area contributed by atoms with E-state index in [9.17, 15) is 0 Å². The monoisotopic (exact) mass is 379 g/mol. The Balaban J connectivity index is 1.28. The molecule has 0 amide bonds. The Kier molecular flexibility index (Phi) is 4.70. The van der Waals surface area contributed by atoms with Gasteiger partial charge in [0.2, 0.25) is 5.95 Å². The molecule has 8 heteroatoms. The summed E-state index contributed by atoms with van der Waals surface area (Å²) in [6.45, 7) is 5.14. The van der Waals surface area contributed by atoms with E-state index >= 15 is 0 Å². The van der Waals surface area contributed by atoms with Crippen molar-refractivity contribution in [1.29, 1.82) is 0 Å². The highest BCUT2D eigenvalue weighted by Gasteiger charge is 2.22. The standard InChI is InChI=1S/C20H25N7O/c1-2-17(23-16-3-4-18-15(12-16)13-22-25-18)14-27(7-1)19-5-6-21-20(24-19)26-8-10-28-11-9-26/h3-6,12-13,17,23H,1-2,7-11,14H2,(H,22,25). The van der Waals surface area contributed by atoms with Crippen LogP contribution in [0.15, 0.2) is 36.7 Å². The third kappa shape index (κ3) is 3.60. The minimum atomic E-state index is 0.389. The van der Waals surface area contributed by atoms with Crippen molar-refractivity contribution in [2.24, 2.45) is 0 Å². The van der Waals surface area contributed by atoms with E-state index < -0.39 is 0 Å². The molecule has 3 aromatic rings. The van der Waals surface area contributed by atoms with Crippen molar-refractivity contribution >= 4 is 28.4 Å². The highest BCUT2D eigenvalue weighted by Crippen LogP contribution is 2.23. The lowest BCUT2D eigenvalue weighted by molar-refractivity contribution is 0.122. The molecule has 0 radical (unpaired) electrons. The maximum Gasteiger partial charge on any atom is 0.227 e. The van der Waals surface area contributed by atoms with Crippen molar-refractivity contribution in [3.05, 3.63) is 36.7 Å². The van der Waals surface area contributed by atoms with Gasteiger partial charge < -0.3 is 19.9 Å². The number of H-pyrrole nitrogens is 1. The van der Waals surface area contributed by atoms with Crippen LogP contribution in [0.5, 0.6) is 0 Å². The molecule has 2 aromatic heterocycles.